The zero-order valence-electron chi connectivity index (χ0n) is 18.3. The van der Waals surface area contributed by atoms with E-state index in [4.69, 9.17) is 18.9 Å². The van der Waals surface area contributed by atoms with E-state index in [1.54, 1.807) is 13.0 Å². The van der Waals surface area contributed by atoms with E-state index in [0.717, 1.165) is 11.8 Å². The molecule has 1 unspecified atom stereocenters. The Morgan fingerprint density at radius 1 is 1.28 bits per heavy atom. The second kappa shape index (κ2) is 11.7. The molecule has 1 aromatic rings. The maximum absolute atomic E-state index is 13.1. The van der Waals surface area contributed by atoms with Gasteiger partial charge in [0.25, 0.3) is 0 Å². The van der Waals surface area contributed by atoms with E-state index in [0.29, 0.717) is 11.3 Å². The lowest BCUT2D eigenvalue weighted by Crippen LogP contribution is -2.43. The minimum Gasteiger partial charge on any atom is -0.496 e. The van der Waals surface area contributed by atoms with Crippen LogP contribution in [-0.2, 0) is 28.6 Å². The number of thioether (sulfide) groups is 1. The number of aliphatic hydroxyl groups is 1. The summed E-state index contributed by atoms with van der Waals surface area (Å²) < 4.78 is 20.6. The fourth-order valence-corrected chi connectivity index (χ4v) is 4.13. The van der Waals surface area contributed by atoms with Crippen molar-refractivity contribution in [1.29, 1.82) is 0 Å². The van der Waals surface area contributed by atoms with Crippen molar-refractivity contribution >= 4 is 35.6 Å². The molecule has 0 spiro atoms. The number of carbonyl (C=O) groups is 4. The molecule has 0 saturated heterocycles. The predicted molar refractivity (Wildman–Crippen MR) is 114 cm³/mol. The minimum atomic E-state index is -1.21. The third-order valence-corrected chi connectivity index (χ3v) is 5.91. The summed E-state index contributed by atoms with van der Waals surface area (Å²) in [5, 5.41) is 13.3. The van der Waals surface area contributed by atoms with Crippen LogP contribution in [0.25, 0.3) is 0 Å². The highest BCUT2D eigenvalue weighted by Crippen LogP contribution is 2.35. The highest BCUT2D eigenvalue weighted by Gasteiger charge is 2.30. The molecule has 1 aliphatic rings. The largest absolute Gasteiger partial charge is 0.496 e. The van der Waals surface area contributed by atoms with Crippen LogP contribution in [0, 0.1) is 6.92 Å². The molecule has 32 heavy (non-hydrogen) atoms. The number of nitrogens with one attached hydrogen (secondary N) is 1. The van der Waals surface area contributed by atoms with Gasteiger partial charge in [0.05, 0.1) is 19.8 Å². The van der Waals surface area contributed by atoms with Gasteiger partial charge < -0.3 is 29.4 Å². The van der Waals surface area contributed by atoms with Crippen molar-refractivity contribution < 1.29 is 43.2 Å². The average molecular weight is 470 g/mol. The molecule has 2 N–H and O–H groups in total. The Balaban J connectivity index is 2.47. The van der Waals surface area contributed by atoms with Crippen molar-refractivity contribution in [3.63, 3.8) is 0 Å². The van der Waals surface area contributed by atoms with Crippen LogP contribution < -0.4 is 10.1 Å². The Bertz CT molecular complexity index is 873. The summed E-state index contributed by atoms with van der Waals surface area (Å²) in [5.74, 6) is -2.03. The van der Waals surface area contributed by atoms with E-state index in [1.807, 2.05) is 0 Å². The smallest absolute Gasteiger partial charge is 0.339 e. The van der Waals surface area contributed by atoms with E-state index in [2.05, 4.69) is 5.32 Å². The third kappa shape index (κ3) is 6.60. The molecule has 0 aliphatic carbocycles. The van der Waals surface area contributed by atoms with Crippen LogP contribution in [0.3, 0.4) is 0 Å². The third-order valence-electron chi connectivity index (χ3n) is 4.82. The molecule has 1 amide bonds. The molecule has 0 aromatic heterocycles. The summed E-state index contributed by atoms with van der Waals surface area (Å²) in [6, 6.07) is 2.14. The number of fused-ring (bicyclic) bond motifs is 1. The average Bonchev–Trinajstić information content (AvgIpc) is 2.77. The van der Waals surface area contributed by atoms with Crippen LogP contribution in [-0.4, -0.2) is 67.6 Å². The van der Waals surface area contributed by atoms with Crippen molar-refractivity contribution in [2.75, 3.05) is 26.6 Å². The van der Waals surface area contributed by atoms with Gasteiger partial charge in [-0.05, 0) is 19.4 Å². The fraction of sp³-hybridized carbons (Fsp3) is 0.524. The second-order valence-corrected chi connectivity index (χ2v) is 8.17. The highest BCUT2D eigenvalue weighted by atomic mass is 32.2. The lowest BCUT2D eigenvalue weighted by Gasteiger charge is -2.21. The lowest BCUT2D eigenvalue weighted by molar-refractivity contribution is -0.145. The molecular weight excluding hydrogens is 442 g/mol. The first-order chi connectivity index (χ1) is 15.2. The fourth-order valence-electron chi connectivity index (χ4n) is 3.15. The normalized spacial score (nSPS) is 22.1. The lowest BCUT2D eigenvalue weighted by atomic mass is 10.0. The van der Waals surface area contributed by atoms with Crippen molar-refractivity contribution in [3.8, 4) is 5.75 Å². The van der Waals surface area contributed by atoms with Gasteiger partial charge in [-0.1, -0.05) is 6.07 Å². The molecule has 0 bridgehead atoms. The first kappa shape index (κ1) is 25.5. The Kier molecular flexibility index (Phi) is 9.33. The molecule has 10 nitrogen and oxygen atoms in total. The van der Waals surface area contributed by atoms with Gasteiger partial charge >= 0.3 is 17.9 Å². The summed E-state index contributed by atoms with van der Waals surface area (Å²) >= 11 is 0.955. The van der Waals surface area contributed by atoms with E-state index < -0.39 is 41.4 Å². The number of cyclic esters (lactones) is 1. The van der Waals surface area contributed by atoms with Crippen LogP contribution in [0.4, 0.5) is 0 Å². The zero-order valence-corrected chi connectivity index (χ0v) is 19.2. The molecule has 1 heterocycles. The van der Waals surface area contributed by atoms with Crippen molar-refractivity contribution in [2.24, 2.45) is 0 Å². The highest BCUT2D eigenvalue weighted by molar-refractivity contribution is 7.99. The maximum Gasteiger partial charge on any atom is 0.339 e. The van der Waals surface area contributed by atoms with Crippen molar-refractivity contribution in [1.82, 2.24) is 5.32 Å². The Labute approximate surface area is 189 Å². The standard InChI is InChI=1S/C21H27NO9S/c1-11-16(28-3)7-6-14-18(11)20(26)31-13(9-30-12(2)23)5-8-17(24)22-15(19(25)29-4)10-32-21(14)27/h6-7,13,15,21,27H,5,8-10H2,1-4H3,(H,22,24)/t13-,15-,21?/m0/s1. The number of esters is 3. The molecule has 11 heteroatoms. The van der Waals surface area contributed by atoms with Gasteiger partial charge in [0, 0.05) is 30.2 Å². The monoisotopic (exact) mass is 469 g/mol. The summed E-state index contributed by atoms with van der Waals surface area (Å²) in [5.41, 5.74) is -0.391. The van der Waals surface area contributed by atoms with Gasteiger partial charge in [-0.25, -0.2) is 9.59 Å². The van der Waals surface area contributed by atoms with Crippen molar-refractivity contribution in [2.45, 2.75) is 44.3 Å². The SMILES string of the molecule is COC(=O)[C@@H]1CSC(O)c2ccc(OC)c(C)c2C(=O)O[C@H](COC(C)=O)CCC(=O)N1. The number of methoxy groups -OCH3 is 2. The van der Waals surface area contributed by atoms with Crippen molar-refractivity contribution in [3.05, 3.63) is 28.8 Å². The second-order valence-electron chi connectivity index (χ2n) is 7.05. The molecule has 176 valence electrons. The quantitative estimate of drug-likeness (QED) is 0.490. The van der Waals surface area contributed by atoms with E-state index >= 15 is 0 Å². The molecule has 2 rings (SSSR count). The molecule has 3 atom stereocenters. The molecule has 0 fully saturated rings. The van der Waals surface area contributed by atoms with Crippen LogP contribution in [0.1, 0.15) is 46.7 Å². The molecule has 1 aromatic carbocycles. The van der Waals surface area contributed by atoms with E-state index in [1.165, 1.54) is 27.2 Å². The number of rotatable bonds is 4. The summed E-state index contributed by atoms with van der Waals surface area (Å²) in [6.45, 7) is 2.62. The predicted octanol–water partition coefficient (Wildman–Crippen LogP) is 1.27. The van der Waals surface area contributed by atoms with E-state index in [-0.39, 0.29) is 36.3 Å². The number of carbonyl (C=O) groups excluding carboxylic acids is 4. The molecular formula is C21H27NO9S. The number of hydrogen-bond donors (Lipinski definition) is 2. The van der Waals surface area contributed by atoms with E-state index in [9.17, 15) is 24.3 Å². The van der Waals surface area contributed by atoms with Gasteiger partial charge in [0.2, 0.25) is 5.91 Å². The minimum absolute atomic E-state index is 0.00994. The number of benzene rings is 1. The topological polar surface area (TPSA) is 137 Å². The number of aliphatic hydroxyl groups excluding tert-OH is 1. The zero-order chi connectivity index (χ0) is 23.8. The summed E-state index contributed by atoms with van der Waals surface area (Å²) in [4.78, 5) is 48.8. The number of hydrogen-bond acceptors (Lipinski definition) is 10. The Hall–Kier alpha value is -2.79. The number of amides is 1. The van der Waals surface area contributed by atoms with Gasteiger partial charge in [-0.3, -0.25) is 9.59 Å². The van der Waals surface area contributed by atoms with Gasteiger partial charge in [-0.15, -0.1) is 11.8 Å². The maximum atomic E-state index is 13.1. The molecule has 0 radical (unpaired) electrons. The van der Waals surface area contributed by atoms with Gasteiger partial charge in [0.15, 0.2) is 0 Å². The first-order valence-corrected chi connectivity index (χ1v) is 10.9. The van der Waals surface area contributed by atoms with Crippen LogP contribution in [0.5, 0.6) is 5.75 Å². The number of ether oxygens (including phenoxy) is 4. The van der Waals surface area contributed by atoms with Crippen LogP contribution in [0.15, 0.2) is 12.1 Å². The Morgan fingerprint density at radius 2 is 2.00 bits per heavy atom. The molecule has 0 saturated carbocycles. The first-order valence-electron chi connectivity index (χ1n) is 9.86. The van der Waals surface area contributed by atoms with Gasteiger partial charge in [-0.2, -0.15) is 0 Å². The van der Waals surface area contributed by atoms with Crippen LogP contribution >= 0.6 is 11.8 Å². The van der Waals surface area contributed by atoms with Crippen LogP contribution in [0.2, 0.25) is 0 Å². The van der Waals surface area contributed by atoms with Gasteiger partial charge in [0.1, 0.15) is 29.9 Å². The summed E-state index contributed by atoms with van der Waals surface area (Å²) in [7, 11) is 2.65. The Morgan fingerprint density at radius 3 is 2.62 bits per heavy atom. The summed E-state index contributed by atoms with van der Waals surface area (Å²) in [6.07, 6.45) is -0.964. The molecule has 1 aliphatic heterocycles.